The fraction of sp³-hybridized carbons (Fsp3) is 0.222. The molecule has 0 spiro atoms. The number of nitrogens with zero attached hydrogens (tertiary/aromatic N) is 1. The van der Waals surface area contributed by atoms with E-state index in [-0.39, 0.29) is 16.9 Å². The van der Waals surface area contributed by atoms with E-state index in [4.69, 9.17) is 14.2 Å². The molecule has 0 aliphatic rings. The van der Waals surface area contributed by atoms with E-state index >= 15 is 0 Å². The van der Waals surface area contributed by atoms with Gasteiger partial charge in [0.2, 0.25) is 0 Å². The van der Waals surface area contributed by atoms with Crippen LogP contribution in [0.2, 0.25) is 0 Å². The van der Waals surface area contributed by atoms with Gasteiger partial charge in [0.25, 0.3) is 11.6 Å². The first-order valence-corrected chi connectivity index (χ1v) is 7.84. The number of nitro benzene ring substituents is 1. The predicted octanol–water partition coefficient (Wildman–Crippen LogP) is 2.80. The molecule has 9 nitrogen and oxygen atoms in total. The van der Waals surface area contributed by atoms with Crippen molar-refractivity contribution in [1.82, 2.24) is 0 Å². The third kappa shape index (κ3) is 4.72. The summed E-state index contributed by atoms with van der Waals surface area (Å²) in [6.07, 6.45) is -1.18. The quantitative estimate of drug-likeness (QED) is 0.450. The Hall–Kier alpha value is -3.62. The molecule has 27 heavy (non-hydrogen) atoms. The van der Waals surface area contributed by atoms with Gasteiger partial charge in [-0.15, -0.1) is 0 Å². The topological polar surface area (TPSA) is 117 Å². The molecule has 2 aromatic rings. The van der Waals surface area contributed by atoms with Crippen LogP contribution in [0.25, 0.3) is 0 Å². The van der Waals surface area contributed by atoms with Gasteiger partial charge in [0.1, 0.15) is 5.69 Å². The number of benzene rings is 2. The molecule has 0 aliphatic heterocycles. The van der Waals surface area contributed by atoms with Crippen LogP contribution in [0.1, 0.15) is 17.3 Å². The molecule has 0 aromatic heterocycles. The third-order valence-corrected chi connectivity index (χ3v) is 3.63. The van der Waals surface area contributed by atoms with Gasteiger partial charge in [-0.25, -0.2) is 4.79 Å². The number of nitrogens with one attached hydrogen (secondary N) is 1. The Morgan fingerprint density at radius 2 is 1.74 bits per heavy atom. The molecule has 0 fully saturated rings. The molecule has 0 aliphatic carbocycles. The highest BCUT2D eigenvalue weighted by molar-refractivity contribution is 5.98. The Morgan fingerprint density at radius 3 is 2.37 bits per heavy atom. The van der Waals surface area contributed by atoms with Crippen molar-refractivity contribution in [1.29, 1.82) is 0 Å². The number of carbonyl (C=O) groups excluding carboxylic acids is 2. The van der Waals surface area contributed by atoms with Crippen LogP contribution in [0.3, 0.4) is 0 Å². The van der Waals surface area contributed by atoms with Crippen LogP contribution < -0.4 is 14.8 Å². The zero-order valence-electron chi connectivity index (χ0n) is 14.9. The molecule has 0 heterocycles. The van der Waals surface area contributed by atoms with Crippen molar-refractivity contribution >= 4 is 23.3 Å². The number of nitro groups is 1. The first-order chi connectivity index (χ1) is 12.9. The molecule has 1 N–H and O–H groups in total. The number of esters is 1. The smallest absolute Gasteiger partial charge is 0.339 e. The summed E-state index contributed by atoms with van der Waals surface area (Å²) in [5, 5.41) is 13.4. The first kappa shape index (κ1) is 19.7. The standard InChI is InChI=1S/C18H18N2O7/c1-11(17(21)19-13-6-4-5-7-14(13)20(23)24)27-18(22)12-8-9-15(25-2)16(10-12)26-3/h4-11H,1-3H3,(H,19,21)/t11-/m0/s1. The van der Waals surface area contributed by atoms with Crippen LogP contribution in [-0.4, -0.2) is 37.1 Å². The molecular formula is C18H18N2O7. The van der Waals surface area contributed by atoms with Crippen molar-refractivity contribution in [2.45, 2.75) is 13.0 Å². The molecule has 9 heteroatoms. The van der Waals surface area contributed by atoms with Crippen molar-refractivity contribution < 1.29 is 28.7 Å². The number of hydrogen-bond acceptors (Lipinski definition) is 7. The van der Waals surface area contributed by atoms with Gasteiger partial charge in [0, 0.05) is 6.07 Å². The zero-order valence-corrected chi connectivity index (χ0v) is 14.9. The lowest BCUT2D eigenvalue weighted by atomic mass is 10.2. The average Bonchev–Trinajstić information content (AvgIpc) is 2.67. The van der Waals surface area contributed by atoms with Crippen LogP contribution in [0, 0.1) is 10.1 Å². The second-order valence-corrected chi connectivity index (χ2v) is 5.38. The van der Waals surface area contributed by atoms with Crippen LogP contribution in [-0.2, 0) is 9.53 Å². The lowest BCUT2D eigenvalue weighted by Crippen LogP contribution is -2.30. The molecule has 1 atom stereocenters. The Kier molecular flexibility index (Phi) is 6.32. The number of anilines is 1. The average molecular weight is 374 g/mol. The molecule has 142 valence electrons. The highest BCUT2D eigenvalue weighted by Gasteiger charge is 2.22. The van der Waals surface area contributed by atoms with Gasteiger partial charge in [0.15, 0.2) is 17.6 Å². The van der Waals surface area contributed by atoms with Gasteiger partial charge in [-0.3, -0.25) is 14.9 Å². The van der Waals surface area contributed by atoms with Crippen LogP contribution in [0.15, 0.2) is 42.5 Å². The van der Waals surface area contributed by atoms with E-state index in [1.165, 1.54) is 57.5 Å². The lowest BCUT2D eigenvalue weighted by molar-refractivity contribution is -0.383. The SMILES string of the molecule is COc1ccc(C(=O)O[C@@H](C)C(=O)Nc2ccccc2[N+](=O)[O-])cc1OC. The van der Waals surface area contributed by atoms with Gasteiger partial charge in [-0.05, 0) is 31.2 Å². The number of carbonyl (C=O) groups is 2. The van der Waals surface area contributed by atoms with Crippen LogP contribution in [0.4, 0.5) is 11.4 Å². The molecule has 0 saturated heterocycles. The molecule has 0 radical (unpaired) electrons. The van der Waals surface area contributed by atoms with E-state index in [9.17, 15) is 19.7 Å². The lowest BCUT2D eigenvalue weighted by Gasteiger charge is -2.14. The maximum Gasteiger partial charge on any atom is 0.339 e. The highest BCUT2D eigenvalue weighted by Crippen LogP contribution is 2.28. The Bertz CT molecular complexity index is 867. The third-order valence-electron chi connectivity index (χ3n) is 3.63. The summed E-state index contributed by atoms with van der Waals surface area (Å²) in [5.74, 6) is -0.667. The molecule has 0 bridgehead atoms. The van der Waals surface area contributed by atoms with Crippen LogP contribution >= 0.6 is 0 Å². The maximum absolute atomic E-state index is 12.2. The fourth-order valence-electron chi connectivity index (χ4n) is 2.22. The first-order valence-electron chi connectivity index (χ1n) is 7.84. The summed E-state index contributed by atoms with van der Waals surface area (Å²) >= 11 is 0. The summed E-state index contributed by atoms with van der Waals surface area (Å²) < 4.78 is 15.3. The van der Waals surface area contributed by atoms with E-state index in [0.29, 0.717) is 11.5 Å². The number of hydrogen-bond donors (Lipinski definition) is 1. The van der Waals surface area contributed by atoms with E-state index in [1.807, 2.05) is 0 Å². The minimum atomic E-state index is -1.18. The molecule has 1 amide bonds. The minimum Gasteiger partial charge on any atom is -0.493 e. The van der Waals surface area contributed by atoms with Gasteiger partial charge >= 0.3 is 5.97 Å². The molecule has 0 unspecified atom stereocenters. The fourth-order valence-corrected chi connectivity index (χ4v) is 2.22. The molecule has 0 saturated carbocycles. The Morgan fingerprint density at radius 1 is 1.07 bits per heavy atom. The summed E-state index contributed by atoms with van der Waals surface area (Å²) in [6.45, 7) is 1.36. The molecule has 2 rings (SSSR count). The zero-order chi connectivity index (χ0) is 20.0. The minimum absolute atomic E-state index is 0.0153. The number of amides is 1. The van der Waals surface area contributed by atoms with E-state index < -0.39 is 22.9 Å². The van der Waals surface area contributed by atoms with E-state index in [2.05, 4.69) is 5.32 Å². The largest absolute Gasteiger partial charge is 0.493 e. The van der Waals surface area contributed by atoms with E-state index in [0.717, 1.165) is 0 Å². The summed E-state index contributed by atoms with van der Waals surface area (Å²) in [7, 11) is 2.89. The summed E-state index contributed by atoms with van der Waals surface area (Å²) in [5.41, 5.74) is -0.0798. The second-order valence-electron chi connectivity index (χ2n) is 5.38. The monoisotopic (exact) mass is 374 g/mol. The van der Waals surface area contributed by atoms with Crippen molar-refractivity contribution in [2.24, 2.45) is 0 Å². The van der Waals surface area contributed by atoms with E-state index in [1.54, 1.807) is 6.07 Å². The van der Waals surface area contributed by atoms with Crippen molar-refractivity contribution in [2.75, 3.05) is 19.5 Å². The second kappa shape index (κ2) is 8.65. The normalized spacial score (nSPS) is 11.2. The van der Waals surface area contributed by atoms with Crippen molar-refractivity contribution in [3.8, 4) is 11.5 Å². The highest BCUT2D eigenvalue weighted by atomic mass is 16.6. The summed E-state index contributed by atoms with van der Waals surface area (Å²) in [6, 6.07) is 10.1. The molecule has 2 aromatic carbocycles. The number of methoxy groups -OCH3 is 2. The summed E-state index contributed by atoms with van der Waals surface area (Å²) in [4.78, 5) is 34.9. The van der Waals surface area contributed by atoms with Crippen molar-refractivity contribution in [3.05, 3.63) is 58.1 Å². The van der Waals surface area contributed by atoms with Gasteiger partial charge in [-0.1, -0.05) is 12.1 Å². The van der Waals surface area contributed by atoms with Gasteiger partial charge < -0.3 is 19.5 Å². The van der Waals surface area contributed by atoms with Gasteiger partial charge in [0.05, 0.1) is 24.7 Å². The molecular weight excluding hydrogens is 356 g/mol. The van der Waals surface area contributed by atoms with Crippen molar-refractivity contribution in [3.63, 3.8) is 0 Å². The number of para-hydroxylation sites is 2. The predicted molar refractivity (Wildman–Crippen MR) is 96.1 cm³/mol. The Labute approximate surface area is 155 Å². The Balaban J connectivity index is 2.08. The number of ether oxygens (including phenoxy) is 3. The van der Waals surface area contributed by atoms with Gasteiger partial charge in [-0.2, -0.15) is 0 Å². The maximum atomic E-state index is 12.2. The van der Waals surface area contributed by atoms with Crippen LogP contribution in [0.5, 0.6) is 11.5 Å². The number of rotatable bonds is 7.